The molecule has 0 saturated heterocycles. The van der Waals surface area contributed by atoms with Crippen molar-refractivity contribution in [3.05, 3.63) is 0 Å². The number of Topliss-reactive ketones (excluding diaryl/α,β-unsaturated/α-hetero) is 3. The molecule has 0 fully saturated rings. The number of rotatable bonds is 30. The van der Waals surface area contributed by atoms with E-state index in [4.69, 9.17) is 24.1 Å². The lowest BCUT2D eigenvalue weighted by molar-refractivity contribution is -0.142. The molecule has 15 heteroatoms. The fourth-order valence-electron chi connectivity index (χ4n) is 4.16. The molecule has 0 aliphatic carbocycles. The van der Waals surface area contributed by atoms with Crippen LogP contribution in [0, 0.1) is 11.3 Å². The summed E-state index contributed by atoms with van der Waals surface area (Å²) >= 11 is 0. The van der Waals surface area contributed by atoms with Crippen molar-refractivity contribution in [2.45, 2.75) is 92.0 Å². The van der Waals surface area contributed by atoms with Gasteiger partial charge in [0.25, 0.3) is 0 Å². The zero-order valence-corrected chi connectivity index (χ0v) is 29.3. The summed E-state index contributed by atoms with van der Waals surface area (Å²) in [6, 6.07) is -1.08. The Labute approximate surface area is 283 Å². The zero-order chi connectivity index (χ0) is 36.4. The SMILES string of the molecule is CC(=O)NC(CCC(=O)CCCOCCOCC(=O)NCCOCCOCC(=O)NCCCC[C@H](CC(=O)C(C)(C)C)C(C)=O)C(=O)O. The van der Waals surface area contributed by atoms with E-state index in [1.54, 1.807) is 0 Å². The first-order chi connectivity index (χ1) is 22.6. The molecule has 0 aliphatic heterocycles. The van der Waals surface area contributed by atoms with Gasteiger partial charge in [0.15, 0.2) is 0 Å². The maximum atomic E-state index is 12.2. The lowest BCUT2D eigenvalue weighted by Gasteiger charge is -2.20. The van der Waals surface area contributed by atoms with Crippen LogP contribution in [0.2, 0.25) is 0 Å². The molecule has 276 valence electrons. The number of aliphatic carboxylic acids is 1. The molecule has 0 aromatic heterocycles. The predicted molar refractivity (Wildman–Crippen MR) is 175 cm³/mol. The highest BCUT2D eigenvalue weighted by Crippen LogP contribution is 2.23. The third-order valence-corrected chi connectivity index (χ3v) is 7.06. The van der Waals surface area contributed by atoms with Crippen molar-refractivity contribution in [1.29, 1.82) is 0 Å². The molecule has 15 nitrogen and oxygen atoms in total. The summed E-state index contributed by atoms with van der Waals surface area (Å²) in [5.74, 6) is -2.53. The van der Waals surface area contributed by atoms with Gasteiger partial charge in [0.1, 0.15) is 36.6 Å². The highest BCUT2D eigenvalue weighted by Gasteiger charge is 2.26. The van der Waals surface area contributed by atoms with Crippen LogP contribution in [0.15, 0.2) is 0 Å². The van der Waals surface area contributed by atoms with E-state index >= 15 is 0 Å². The summed E-state index contributed by atoms with van der Waals surface area (Å²) in [7, 11) is 0. The van der Waals surface area contributed by atoms with Crippen LogP contribution in [0.3, 0.4) is 0 Å². The average Bonchev–Trinajstić information content (AvgIpc) is 2.99. The minimum Gasteiger partial charge on any atom is -0.480 e. The Morgan fingerprint density at radius 1 is 0.667 bits per heavy atom. The van der Waals surface area contributed by atoms with E-state index in [0.717, 1.165) is 6.42 Å². The number of carbonyl (C=O) groups excluding carboxylic acids is 6. The lowest BCUT2D eigenvalue weighted by Crippen LogP contribution is -2.39. The minimum atomic E-state index is -1.18. The molecule has 0 bridgehead atoms. The Bertz CT molecular complexity index is 1010. The number of hydrogen-bond donors (Lipinski definition) is 4. The van der Waals surface area contributed by atoms with Crippen molar-refractivity contribution in [2.75, 3.05) is 65.9 Å². The van der Waals surface area contributed by atoms with Gasteiger partial charge >= 0.3 is 5.97 Å². The van der Waals surface area contributed by atoms with Crippen LogP contribution in [0.1, 0.15) is 86.0 Å². The molecule has 0 radical (unpaired) electrons. The van der Waals surface area contributed by atoms with E-state index in [9.17, 15) is 33.6 Å². The van der Waals surface area contributed by atoms with Gasteiger partial charge in [-0.2, -0.15) is 0 Å². The second kappa shape index (κ2) is 26.7. The molecular formula is C33H57N3O12. The fraction of sp³-hybridized carbons (Fsp3) is 0.788. The van der Waals surface area contributed by atoms with Gasteiger partial charge in [-0.25, -0.2) is 4.79 Å². The van der Waals surface area contributed by atoms with Gasteiger partial charge in [0.2, 0.25) is 17.7 Å². The van der Waals surface area contributed by atoms with Crippen molar-refractivity contribution >= 4 is 41.0 Å². The number of carbonyl (C=O) groups is 7. The largest absolute Gasteiger partial charge is 0.480 e. The van der Waals surface area contributed by atoms with Crippen LogP contribution in [0.5, 0.6) is 0 Å². The molecule has 0 aromatic rings. The van der Waals surface area contributed by atoms with Crippen LogP contribution >= 0.6 is 0 Å². The second-order valence-corrected chi connectivity index (χ2v) is 12.5. The third kappa shape index (κ3) is 25.8. The van der Waals surface area contributed by atoms with Crippen molar-refractivity contribution in [3.8, 4) is 0 Å². The van der Waals surface area contributed by atoms with E-state index in [1.165, 1.54) is 13.8 Å². The molecule has 1 unspecified atom stereocenters. The Balaban J connectivity index is 3.65. The number of nitrogens with one attached hydrogen (secondary N) is 3. The van der Waals surface area contributed by atoms with E-state index in [-0.39, 0.29) is 114 Å². The van der Waals surface area contributed by atoms with Gasteiger partial charge < -0.3 is 40.0 Å². The maximum Gasteiger partial charge on any atom is 0.326 e. The molecule has 3 amide bonds. The fourth-order valence-corrected chi connectivity index (χ4v) is 4.16. The van der Waals surface area contributed by atoms with Crippen LogP contribution in [-0.4, -0.2) is 118 Å². The average molecular weight is 688 g/mol. The summed E-state index contributed by atoms with van der Waals surface area (Å²) in [4.78, 5) is 81.9. The lowest BCUT2D eigenvalue weighted by atomic mass is 9.82. The van der Waals surface area contributed by atoms with E-state index < -0.39 is 23.3 Å². The number of amides is 3. The number of ketones is 3. The molecule has 0 aromatic carbocycles. The second-order valence-electron chi connectivity index (χ2n) is 12.5. The highest BCUT2D eigenvalue weighted by atomic mass is 16.5. The molecule has 0 heterocycles. The topological polar surface area (TPSA) is 213 Å². The first-order valence-corrected chi connectivity index (χ1v) is 16.5. The number of hydrogen-bond acceptors (Lipinski definition) is 11. The smallest absolute Gasteiger partial charge is 0.326 e. The van der Waals surface area contributed by atoms with Gasteiger partial charge in [-0.15, -0.1) is 0 Å². The van der Waals surface area contributed by atoms with Crippen LogP contribution in [-0.2, 0) is 52.5 Å². The molecule has 0 saturated carbocycles. The molecule has 0 spiro atoms. The van der Waals surface area contributed by atoms with Gasteiger partial charge in [-0.3, -0.25) is 28.8 Å². The number of carboxylic acids is 1. The van der Waals surface area contributed by atoms with Gasteiger partial charge in [0, 0.05) is 57.2 Å². The number of carboxylic acid groups (broad SMARTS) is 1. The van der Waals surface area contributed by atoms with E-state index in [0.29, 0.717) is 32.4 Å². The standard InChI is InChI=1S/C33H57N3O12/c1-24(37)26(21-29(40)33(3,4)5)9-6-7-13-34-30(41)22-48-20-18-46-16-14-35-31(42)23-47-19-17-45-15-8-10-27(39)11-12-28(32(43)44)36-25(2)38/h26,28H,6-23H2,1-5H3,(H,34,41)(H,35,42)(H,36,38)(H,43,44)/t26-,28?/m1/s1. The summed E-state index contributed by atoms with van der Waals surface area (Å²) < 4.78 is 21.3. The summed E-state index contributed by atoms with van der Waals surface area (Å²) in [6.45, 7) is 10.2. The van der Waals surface area contributed by atoms with Crippen LogP contribution in [0.4, 0.5) is 0 Å². The molecule has 0 rings (SSSR count). The van der Waals surface area contributed by atoms with Gasteiger partial charge in [-0.1, -0.05) is 27.2 Å². The van der Waals surface area contributed by atoms with Crippen molar-refractivity contribution in [2.24, 2.45) is 11.3 Å². The van der Waals surface area contributed by atoms with Crippen molar-refractivity contribution in [3.63, 3.8) is 0 Å². The van der Waals surface area contributed by atoms with Crippen molar-refractivity contribution in [1.82, 2.24) is 16.0 Å². The molecular weight excluding hydrogens is 630 g/mol. The monoisotopic (exact) mass is 687 g/mol. The number of unbranched alkanes of at least 4 members (excludes halogenated alkanes) is 1. The van der Waals surface area contributed by atoms with Crippen molar-refractivity contribution < 1.29 is 57.6 Å². The number of ether oxygens (including phenoxy) is 4. The molecule has 2 atom stereocenters. The summed E-state index contributed by atoms with van der Waals surface area (Å²) in [6.07, 6.45) is 3.06. The Kier molecular flexibility index (Phi) is 24.8. The van der Waals surface area contributed by atoms with E-state index in [2.05, 4.69) is 16.0 Å². The zero-order valence-electron chi connectivity index (χ0n) is 29.3. The molecule has 4 N–H and O–H groups in total. The van der Waals surface area contributed by atoms with Gasteiger partial charge in [0.05, 0.1) is 33.0 Å². The first-order valence-electron chi connectivity index (χ1n) is 16.5. The summed E-state index contributed by atoms with van der Waals surface area (Å²) in [5, 5.41) is 16.8. The van der Waals surface area contributed by atoms with Crippen LogP contribution in [0.25, 0.3) is 0 Å². The predicted octanol–water partition coefficient (Wildman–Crippen LogP) is 1.38. The maximum absolute atomic E-state index is 12.2. The highest BCUT2D eigenvalue weighted by molar-refractivity contribution is 5.89. The minimum absolute atomic E-state index is 0.0124. The van der Waals surface area contributed by atoms with Gasteiger partial charge in [-0.05, 0) is 32.6 Å². The van der Waals surface area contributed by atoms with E-state index in [1.807, 2.05) is 20.8 Å². The summed E-state index contributed by atoms with van der Waals surface area (Å²) in [5.41, 5.74) is -0.468. The Morgan fingerprint density at radius 3 is 1.77 bits per heavy atom. The molecule has 48 heavy (non-hydrogen) atoms. The third-order valence-electron chi connectivity index (χ3n) is 7.06. The van der Waals surface area contributed by atoms with Crippen LogP contribution < -0.4 is 16.0 Å². The Hall–Kier alpha value is -3.27. The normalized spacial score (nSPS) is 12.5. The first kappa shape index (κ1) is 44.7. The Morgan fingerprint density at radius 2 is 1.23 bits per heavy atom. The quantitative estimate of drug-likeness (QED) is 0.0789. The molecule has 0 aliphatic rings.